The van der Waals surface area contributed by atoms with Gasteiger partial charge in [-0.25, -0.2) is 0 Å². The molecule has 0 radical (unpaired) electrons. The third kappa shape index (κ3) is 3.06. The van der Waals surface area contributed by atoms with Crippen molar-refractivity contribution in [3.8, 4) is 0 Å². The first-order valence-electron chi connectivity index (χ1n) is 9.52. The smallest absolute Gasteiger partial charge is 0.320 e. The summed E-state index contributed by atoms with van der Waals surface area (Å²) in [4.78, 5) is 28.7. The van der Waals surface area contributed by atoms with Crippen LogP contribution in [0, 0.1) is 5.92 Å². The van der Waals surface area contributed by atoms with Gasteiger partial charge < -0.3 is 10.0 Å². The Morgan fingerprint density at radius 2 is 1.92 bits per heavy atom. The maximum Gasteiger partial charge on any atom is 0.320 e. The Hall–Kier alpha value is -1.88. The van der Waals surface area contributed by atoms with E-state index >= 15 is 0 Å². The topological polar surface area (TPSA) is 60.9 Å². The van der Waals surface area contributed by atoms with E-state index in [4.69, 9.17) is 0 Å². The van der Waals surface area contributed by atoms with E-state index in [9.17, 15) is 14.7 Å². The lowest BCUT2D eigenvalue weighted by atomic mass is 9.85. The molecular weight excluding hydrogens is 316 g/mol. The van der Waals surface area contributed by atoms with E-state index in [1.807, 2.05) is 28.0 Å². The number of likely N-dealkylation sites (tertiary alicyclic amines) is 1. The quantitative estimate of drug-likeness (QED) is 0.917. The normalized spacial score (nSPS) is 29.1. The number of carbonyl (C=O) groups excluding carboxylic acids is 1. The molecule has 134 valence electrons. The Morgan fingerprint density at radius 3 is 2.76 bits per heavy atom. The standard InChI is InChI=1S/C20H26N2O3/c23-19(21-11-5-8-14-6-1-3-9-16(14)21)13-22-17-10-4-2-7-15(17)12-18(22)20(24)25/h1,3,6,9,15,17-18H,2,4-5,7-8,10-13H2,(H,24,25)/t15-,17-,18+/m1/s1. The summed E-state index contributed by atoms with van der Waals surface area (Å²) >= 11 is 0. The molecule has 1 aromatic rings. The molecule has 5 nitrogen and oxygen atoms in total. The molecule has 1 saturated heterocycles. The van der Waals surface area contributed by atoms with E-state index < -0.39 is 12.0 Å². The molecule has 1 amide bonds. The van der Waals surface area contributed by atoms with E-state index in [-0.39, 0.29) is 18.5 Å². The molecule has 1 N–H and O–H groups in total. The summed E-state index contributed by atoms with van der Waals surface area (Å²) in [5, 5.41) is 9.65. The summed E-state index contributed by atoms with van der Waals surface area (Å²) in [7, 11) is 0. The van der Waals surface area contributed by atoms with Crippen LogP contribution in [0.1, 0.15) is 44.1 Å². The van der Waals surface area contributed by atoms with Gasteiger partial charge in [0.25, 0.3) is 0 Å². The van der Waals surface area contributed by atoms with Gasteiger partial charge in [0.15, 0.2) is 0 Å². The zero-order valence-electron chi connectivity index (χ0n) is 14.6. The number of aliphatic carboxylic acids is 1. The van der Waals surface area contributed by atoms with Crippen LogP contribution >= 0.6 is 0 Å². The number of amides is 1. The van der Waals surface area contributed by atoms with Crippen LogP contribution in [0.4, 0.5) is 5.69 Å². The number of anilines is 1. The van der Waals surface area contributed by atoms with Crippen molar-refractivity contribution in [3.63, 3.8) is 0 Å². The van der Waals surface area contributed by atoms with Gasteiger partial charge in [-0.05, 0) is 49.7 Å². The summed E-state index contributed by atoms with van der Waals surface area (Å²) in [6.45, 7) is 0.960. The minimum Gasteiger partial charge on any atom is -0.480 e. The van der Waals surface area contributed by atoms with Crippen LogP contribution < -0.4 is 4.90 Å². The SMILES string of the molecule is O=C(O)[C@@H]1C[C@H]2CCCC[C@H]2N1CC(=O)N1CCCc2ccccc21. The number of carboxylic acids is 1. The molecule has 25 heavy (non-hydrogen) atoms. The van der Waals surface area contributed by atoms with Gasteiger partial charge >= 0.3 is 5.97 Å². The number of hydrogen-bond donors (Lipinski definition) is 1. The molecule has 0 aromatic heterocycles. The lowest BCUT2D eigenvalue weighted by molar-refractivity contribution is -0.143. The monoisotopic (exact) mass is 342 g/mol. The average molecular weight is 342 g/mol. The molecule has 3 aliphatic rings. The van der Waals surface area contributed by atoms with Crippen LogP contribution in [0.3, 0.4) is 0 Å². The number of benzene rings is 1. The number of nitrogens with zero attached hydrogens (tertiary/aromatic N) is 2. The van der Waals surface area contributed by atoms with Gasteiger partial charge in [-0.1, -0.05) is 31.0 Å². The van der Waals surface area contributed by atoms with Crippen LogP contribution in [0.15, 0.2) is 24.3 Å². The summed E-state index contributed by atoms with van der Waals surface area (Å²) in [6, 6.07) is 7.84. The average Bonchev–Trinajstić information content (AvgIpc) is 3.00. The molecule has 0 spiro atoms. The van der Waals surface area contributed by atoms with Crippen molar-refractivity contribution in [2.24, 2.45) is 5.92 Å². The van der Waals surface area contributed by atoms with Crippen molar-refractivity contribution in [1.29, 1.82) is 0 Å². The predicted octanol–water partition coefficient (Wildman–Crippen LogP) is 2.68. The second-order valence-corrected chi connectivity index (χ2v) is 7.65. The number of fused-ring (bicyclic) bond motifs is 2. The number of carboxylic acid groups (broad SMARTS) is 1. The lowest BCUT2D eigenvalue weighted by Gasteiger charge is -2.35. The molecule has 2 fully saturated rings. The second-order valence-electron chi connectivity index (χ2n) is 7.65. The van der Waals surface area contributed by atoms with Crippen LogP contribution in [-0.2, 0) is 16.0 Å². The maximum absolute atomic E-state index is 13.1. The van der Waals surface area contributed by atoms with Crippen LogP contribution in [0.2, 0.25) is 0 Å². The van der Waals surface area contributed by atoms with Crippen molar-refractivity contribution < 1.29 is 14.7 Å². The zero-order chi connectivity index (χ0) is 17.4. The largest absolute Gasteiger partial charge is 0.480 e. The fourth-order valence-electron chi connectivity index (χ4n) is 5.06. The molecule has 0 bridgehead atoms. The molecule has 2 heterocycles. The maximum atomic E-state index is 13.1. The molecule has 1 aromatic carbocycles. The summed E-state index contributed by atoms with van der Waals surface area (Å²) < 4.78 is 0. The molecule has 0 unspecified atom stereocenters. The zero-order valence-corrected chi connectivity index (χ0v) is 14.6. The number of para-hydroxylation sites is 1. The van der Waals surface area contributed by atoms with E-state index in [0.717, 1.165) is 44.3 Å². The number of hydrogen-bond acceptors (Lipinski definition) is 3. The van der Waals surface area contributed by atoms with Crippen molar-refractivity contribution in [1.82, 2.24) is 4.90 Å². The first-order valence-corrected chi connectivity index (χ1v) is 9.52. The second kappa shape index (κ2) is 6.79. The highest BCUT2D eigenvalue weighted by atomic mass is 16.4. The van der Waals surface area contributed by atoms with Crippen molar-refractivity contribution >= 4 is 17.6 Å². The van der Waals surface area contributed by atoms with Crippen LogP contribution in [0.5, 0.6) is 0 Å². The highest BCUT2D eigenvalue weighted by Crippen LogP contribution is 2.40. The minimum atomic E-state index is -0.777. The first-order chi connectivity index (χ1) is 12.1. The van der Waals surface area contributed by atoms with E-state index in [0.29, 0.717) is 12.3 Å². The van der Waals surface area contributed by atoms with Gasteiger partial charge in [0.1, 0.15) is 6.04 Å². The summed E-state index contributed by atoms with van der Waals surface area (Å²) in [5.74, 6) is -0.290. The Balaban J connectivity index is 1.54. The summed E-state index contributed by atoms with van der Waals surface area (Å²) in [6.07, 6.45) is 7.14. The molecule has 2 aliphatic heterocycles. The Bertz CT molecular complexity index is 675. The van der Waals surface area contributed by atoms with Crippen molar-refractivity contribution in [2.45, 2.75) is 57.0 Å². The van der Waals surface area contributed by atoms with Crippen molar-refractivity contribution in [3.05, 3.63) is 29.8 Å². The number of carbonyl (C=O) groups is 2. The van der Waals surface area contributed by atoms with E-state index in [1.54, 1.807) is 0 Å². The van der Waals surface area contributed by atoms with E-state index in [1.165, 1.54) is 12.0 Å². The molecule has 3 atom stereocenters. The van der Waals surface area contributed by atoms with Gasteiger partial charge in [-0.15, -0.1) is 0 Å². The molecule has 4 rings (SSSR count). The first kappa shape index (κ1) is 16.6. The van der Waals surface area contributed by atoms with Crippen LogP contribution in [-0.4, -0.2) is 47.1 Å². The number of rotatable bonds is 3. The third-order valence-electron chi connectivity index (χ3n) is 6.24. The minimum absolute atomic E-state index is 0.0459. The van der Waals surface area contributed by atoms with Gasteiger partial charge in [0.2, 0.25) is 5.91 Å². The number of aryl methyl sites for hydroxylation is 1. The fraction of sp³-hybridized carbons (Fsp3) is 0.600. The highest BCUT2D eigenvalue weighted by molar-refractivity contribution is 5.96. The van der Waals surface area contributed by atoms with Crippen LogP contribution in [0.25, 0.3) is 0 Å². The third-order valence-corrected chi connectivity index (χ3v) is 6.24. The highest BCUT2D eigenvalue weighted by Gasteiger charge is 2.46. The predicted molar refractivity (Wildman–Crippen MR) is 95.6 cm³/mol. The van der Waals surface area contributed by atoms with Gasteiger partial charge in [-0.2, -0.15) is 0 Å². The molecule has 5 heteroatoms. The molecule has 1 saturated carbocycles. The lowest BCUT2D eigenvalue weighted by Crippen LogP contribution is -2.49. The summed E-state index contributed by atoms with van der Waals surface area (Å²) in [5.41, 5.74) is 2.22. The fourth-order valence-corrected chi connectivity index (χ4v) is 5.06. The van der Waals surface area contributed by atoms with Gasteiger partial charge in [0, 0.05) is 18.3 Å². The Morgan fingerprint density at radius 1 is 1.12 bits per heavy atom. The molecular formula is C20H26N2O3. The Kier molecular flexibility index (Phi) is 4.50. The van der Waals surface area contributed by atoms with Crippen molar-refractivity contribution in [2.75, 3.05) is 18.0 Å². The van der Waals surface area contributed by atoms with Gasteiger partial charge in [-0.3, -0.25) is 14.5 Å². The molecule has 1 aliphatic carbocycles. The Labute approximate surface area is 148 Å². The van der Waals surface area contributed by atoms with E-state index in [2.05, 4.69) is 6.07 Å². The van der Waals surface area contributed by atoms with Gasteiger partial charge in [0.05, 0.1) is 6.54 Å².